The SMILES string of the molecule is Cc1ccc(C2(CCCl)OC(C)C(C)O2)cc1. The van der Waals surface area contributed by atoms with Crippen molar-refractivity contribution in [3.63, 3.8) is 0 Å². The summed E-state index contributed by atoms with van der Waals surface area (Å²) in [5.74, 6) is -0.137. The van der Waals surface area contributed by atoms with Gasteiger partial charge in [0.25, 0.3) is 0 Å². The van der Waals surface area contributed by atoms with E-state index in [1.54, 1.807) is 0 Å². The Morgan fingerprint density at radius 2 is 1.65 bits per heavy atom. The fourth-order valence-electron chi connectivity index (χ4n) is 2.15. The molecule has 2 rings (SSSR count). The van der Waals surface area contributed by atoms with Gasteiger partial charge in [0.1, 0.15) is 0 Å². The van der Waals surface area contributed by atoms with Crippen molar-refractivity contribution in [3.8, 4) is 0 Å². The van der Waals surface area contributed by atoms with Crippen LogP contribution in [-0.2, 0) is 15.3 Å². The molecule has 0 N–H and O–H groups in total. The van der Waals surface area contributed by atoms with Crippen LogP contribution in [0.15, 0.2) is 24.3 Å². The number of benzene rings is 1. The van der Waals surface area contributed by atoms with Gasteiger partial charge in [0.05, 0.1) is 12.2 Å². The van der Waals surface area contributed by atoms with Gasteiger partial charge < -0.3 is 9.47 Å². The Labute approximate surface area is 108 Å². The molecular formula is C14H19ClO2. The lowest BCUT2D eigenvalue weighted by molar-refractivity contribution is -0.183. The molecule has 0 bridgehead atoms. The third-order valence-corrected chi connectivity index (χ3v) is 3.52. The van der Waals surface area contributed by atoms with Gasteiger partial charge in [0.2, 0.25) is 0 Å². The van der Waals surface area contributed by atoms with E-state index < -0.39 is 5.79 Å². The number of hydrogen-bond donors (Lipinski definition) is 0. The van der Waals surface area contributed by atoms with Gasteiger partial charge in [0.15, 0.2) is 5.79 Å². The molecule has 1 aliphatic heterocycles. The molecule has 0 amide bonds. The molecule has 1 aromatic carbocycles. The number of halogens is 1. The average Bonchev–Trinajstić information content (AvgIpc) is 2.57. The van der Waals surface area contributed by atoms with Crippen molar-refractivity contribution in [2.45, 2.75) is 45.2 Å². The van der Waals surface area contributed by atoms with Crippen molar-refractivity contribution in [2.75, 3.05) is 5.88 Å². The number of aryl methyl sites for hydroxylation is 1. The summed E-state index contributed by atoms with van der Waals surface area (Å²) < 4.78 is 12.0. The smallest absolute Gasteiger partial charge is 0.196 e. The van der Waals surface area contributed by atoms with Crippen LogP contribution in [-0.4, -0.2) is 18.1 Å². The first-order valence-corrected chi connectivity index (χ1v) is 6.59. The number of alkyl halides is 1. The maximum absolute atomic E-state index is 6.02. The molecule has 1 aromatic rings. The Bertz CT molecular complexity index is 364. The van der Waals surface area contributed by atoms with Crippen LogP contribution in [0.5, 0.6) is 0 Å². The second-order valence-corrected chi connectivity index (χ2v) is 5.08. The van der Waals surface area contributed by atoms with E-state index in [0.717, 1.165) is 5.56 Å². The van der Waals surface area contributed by atoms with E-state index in [9.17, 15) is 0 Å². The number of ether oxygens (including phenoxy) is 2. The molecule has 0 aliphatic carbocycles. The van der Waals surface area contributed by atoms with Gasteiger partial charge in [-0.15, -0.1) is 11.6 Å². The van der Waals surface area contributed by atoms with Crippen molar-refractivity contribution in [2.24, 2.45) is 0 Å². The van der Waals surface area contributed by atoms with Crippen LogP contribution >= 0.6 is 11.6 Å². The van der Waals surface area contributed by atoms with Gasteiger partial charge in [0, 0.05) is 17.9 Å². The zero-order chi connectivity index (χ0) is 12.5. The minimum Gasteiger partial charge on any atom is -0.340 e. The zero-order valence-corrected chi connectivity index (χ0v) is 11.3. The molecule has 1 aliphatic rings. The van der Waals surface area contributed by atoms with E-state index in [1.165, 1.54) is 5.56 Å². The molecule has 3 heteroatoms. The highest BCUT2D eigenvalue weighted by Crippen LogP contribution is 2.40. The minimum absolute atomic E-state index is 0.0968. The molecule has 17 heavy (non-hydrogen) atoms. The Morgan fingerprint density at radius 1 is 1.12 bits per heavy atom. The quantitative estimate of drug-likeness (QED) is 0.768. The monoisotopic (exact) mass is 254 g/mol. The van der Waals surface area contributed by atoms with Gasteiger partial charge in [-0.3, -0.25) is 0 Å². The van der Waals surface area contributed by atoms with Crippen molar-refractivity contribution in [1.82, 2.24) is 0 Å². The first kappa shape index (κ1) is 12.9. The summed E-state index contributed by atoms with van der Waals surface area (Å²) in [6, 6.07) is 8.27. The molecule has 0 saturated carbocycles. The van der Waals surface area contributed by atoms with Crippen molar-refractivity contribution in [1.29, 1.82) is 0 Å². The maximum Gasteiger partial charge on any atom is 0.196 e. The topological polar surface area (TPSA) is 18.5 Å². The lowest BCUT2D eigenvalue weighted by atomic mass is 10.0. The Hall–Kier alpha value is -0.570. The predicted molar refractivity (Wildman–Crippen MR) is 69.3 cm³/mol. The van der Waals surface area contributed by atoms with Crippen molar-refractivity contribution in [3.05, 3.63) is 35.4 Å². The summed E-state index contributed by atoms with van der Waals surface area (Å²) in [5, 5.41) is 0. The molecule has 1 heterocycles. The third kappa shape index (κ3) is 2.49. The molecule has 0 spiro atoms. The number of rotatable bonds is 3. The van der Waals surface area contributed by atoms with E-state index >= 15 is 0 Å². The highest BCUT2D eigenvalue weighted by atomic mass is 35.5. The highest BCUT2D eigenvalue weighted by Gasteiger charge is 2.44. The summed E-state index contributed by atoms with van der Waals surface area (Å²) >= 11 is 5.89. The van der Waals surface area contributed by atoms with Crippen LogP contribution in [0.25, 0.3) is 0 Å². The van der Waals surface area contributed by atoms with E-state index in [4.69, 9.17) is 21.1 Å². The zero-order valence-electron chi connectivity index (χ0n) is 10.6. The number of hydrogen-bond acceptors (Lipinski definition) is 2. The van der Waals surface area contributed by atoms with E-state index in [0.29, 0.717) is 12.3 Å². The second kappa shape index (κ2) is 4.97. The van der Waals surface area contributed by atoms with Crippen LogP contribution in [0.2, 0.25) is 0 Å². The van der Waals surface area contributed by atoms with Crippen LogP contribution in [0.1, 0.15) is 31.4 Å². The van der Waals surface area contributed by atoms with Crippen LogP contribution in [0.4, 0.5) is 0 Å². The minimum atomic E-state index is -0.658. The van der Waals surface area contributed by atoms with Gasteiger partial charge in [-0.25, -0.2) is 0 Å². The normalized spacial score (nSPS) is 32.9. The van der Waals surface area contributed by atoms with Crippen LogP contribution < -0.4 is 0 Å². The first-order valence-electron chi connectivity index (χ1n) is 6.06. The summed E-state index contributed by atoms with van der Waals surface area (Å²) in [6.45, 7) is 6.14. The lowest BCUT2D eigenvalue weighted by Gasteiger charge is -2.28. The van der Waals surface area contributed by atoms with Crippen molar-refractivity contribution < 1.29 is 9.47 Å². The Balaban J connectivity index is 2.32. The Kier molecular flexibility index (Phi) is 3.76. The van der Waals surface area contributed by atoms with Gasteiger partial charge in [-0.1, -0.05) is 29.8 Å². The fourth-order valence-corrected chi connectivity index (χ4v) is 2.40. The molecule has 1 saturated heterocycles. The maximum atomic E-state index is 6.02. The van der Waals surface area contributed by atoms with E-state index in [2.05, 4.69) is 31.2 Å². The van der Waals surface area contributed by atoms with E-state index in [-0.39, 0.29) is 12.2 Å². The molecule has 2 atom stereocenters. The predicted octanol–water partition coefficient (Wildman–Crippen LogP) is 3.60. The second-order valence-electron chi connectivity index (χ2n) is 4.70. The largest absolute Gasteiger partial charge is 0.340 e. The molecule has 2 nitrogen and oxygen atoms in total. The van der Waals surface area contributed by atoms with Gasteiger partial charge >= 0.3 is 0 Å². The van der Waals surface area contributed by atoms with Gasteiger partial charge in [-0.05, 0) is 20.8 Å². The molecule has 94 valence electrons. The third-order valence-electron chi connectivity index (χ3n) is 3.33. The highest BCUT2D eigenvalue weighted by molar-refractivity contribution is 6.17. The standard InChI is InChI=1S/C14H19ClO2/c1-10-4-6-13(7-5-10)14(8-9-15)16-11(2)12(3)17-14/h4-7,11-12H,8-9H2,1-3H3. The van der Waals surface area contributed by atoms with E-state index in [1.807, 2.05) is 13.8 Å². The average molecular weight is 255 g/mol. The first-order chi connectivity index (χ1) is 8.07. The molecular weight excluding hydrogens is 236 g/mol. The van der Waals surface area contributed by atoms with Crippen LogP contribution in [0.3, 0.4) is 0 Å². The summed E-state index contributed by atoms with van der Waals surface area (Å²) in [6.07, 6.45) is 0.866. The van der Waals surface area contributed by atoms with Crippen molar-refractivity contribution >= 4 is 11.6 Å². The summed E-state index contributed by atoms with van der Waals surface area (Å²) in [7, 11) is 0. The Morgan fingerprint density at radius 3 is 2.12 bits per heavy atom. The lowest BCUT2D eigenvalue weighted by Crippen LogP contribution is -2.28. The molecule has 0 radical (unpaired) electrons. The summed E-state index contributed by atoms with van der Waals surface area (Å²) in [5.41, 5.74) is 2.29. The fraction of sp³-hybridized carbons (Fsp3) is 0.571. The van der Waals surface area contributed by atoms with Crippen LogP contribution in [0, 0.1) is 6.92 Å². The van der Waals surface area contributed by atoms with Gasteiger partial charge in [-0.2, -0.15) is 0 Å². The molecule has 0 aromatic heterocycles. The summed E-state index contributed by atoms with van der Waals surface area (Å²) in [4.78, 5) is 0. The molecule has 1 fully saturated rings. The molecule has 2 unspecified atom stereocenters.